The summed E-state index contributed by atoms with van der Waals surface area (Å²) in [5, 5.41) is 3.24. The van der Waals surface area contributed by atoms with Gasteiger partial charge in [-0.05, 0) is 68.1 Å². The molecule has 1 heterocycles. The number of ether oxygens (including phenoxy) is 1. The van der Waals surface area contributed by atoms with Gasteiger partial charge in [-0.2, -0.15) is 4.31 Å². The normalized spacial score (nSPS) is 18.2. The number of esters is 1. The lowest BCUT2D eigenvalue weighted by molar-refractivity contribution is -0.125. The van der Waals surface area contributed by atoms with Crippen LogP contribution >= 0.6 is 11.6 Å². The minimum absolute atomic E-state index is 0.0620. The Balaban J connectivity index is 2.05. The Bertz CT molecular complexity index is 1040. The van der Waals surface area contributed by atoms with Gasteiger partial charge in [0.1, 0.15) is 6.04 Å². The van der Waals surface area contributed by atoms with Gasteiger partial charge in [-0.15, -0.1) is 0 Å². The predicted molar refractivity (Wildman–Crippen MR) is 117 cm³/mol. The molecule has 2 atom stereocenters. The van der Waals surface area contributed by atoms with Gasteiger partial charge < -0.3 is 10.1 Å². The van der Waals surface area contributed by atoms with E-state index in [1.807, 2.05) is 0 Å². The van der Waals surface area contributed by atoms with Gasteiger partial charge in [0.2, 0.25) is 15.9 Å². The van der Waals surface area contributed by atoms with Crippen LogP contribution in [0.5, 0.6) is 0 Å². The summed E-state index contributed by atoms with van der Waals surface area (Å²) in [4.78, 5) is 24.6. The van der Waals surface area contributed by atoms with E-state index in [-0.39, 0.29) is 10.8 Å². The SMILES string of the molecule is COC(=O)c1ccc(C(C)N(C2CCCCNC2=O)S(=O)(=O)c2ccc(Cl)cc2)cc1. The predicted octanol–water partition coefficient (Wildman–Crippen LogP) is 3.55. The van der Waals surface area contributed by atoms with Gasteiger partial charge in [0, 0.05) is 17.6 Å². The van der Waals surface area contributed by atoms with Crippen LogP contribution in [0.25, 0.3) is 0 Å². The lowest BCUT2D eigenvalue weighted by Gasteiger charge is -2.34. The maximum atomic E-state index is 13.7. The van der Waals surface area contributed by atoms with Crippen molar-refractivity contribution in [1.29, 1.82) is 0 Å². The summed E-state index contributed by atoms with van der Waals surface area (Å²) >= 11 is 5.94. The van der Waals surface area contributed by atoms with Gasteiger partial charge in [-0.1, -0.05) is 23.7 Å². The molecule has 0 spiro atoms. The molecule has 2 aromatic rings. The number of nitrogens with zero attached hydrogens (tertiary/aromatic N) is 1. The average molecular weight is 465 g/mol. The van der Waals surface area contributed by atoms with E-state index in [1.165, 1.54) is 35.7 Å². The molecule has 1 aliphatic rings. The van der Waals surface area contributed by atoms with E-state index in [4.69, 9.17) is 16.3 Å². The van der Waals surface area contributed by atoms with Crippen molar-refractivity contribution in [1.82, 2.24) is 9.62 Å². The molecule has 1 amide bonds. The molecular weight excluding hydrogens is 440 g/mol. The Kier molecular flexibility index (Phi) is 7.35. The number of carbonyl (C=O) groups excluding carboxylic acids is 2. The summed E-state index contributed by atoms with van der Waals surface area (Å²) in [5.74, 6) is -0.791. The molecule has 2 unspecified atom stereocenters. The maximum Gasteiger partial charge on any atom is 0.337 e. The summed E-state index contributed by atoms with van der Waals surface area (Å²) in [7, 11) is -2.73. The van der Waals surface area contributed by atoms with Crippen LogP contribution in [0, 0.1) is 0 Å². The Hall–Kier alpha value is -2.42. The van der Waals surface area contributed by atoms with Crippen molar-refractivity contribution in [3.8, 4) is 0 Å². The number of nitrogens with one attached hydrogen (secondary N) is 1. The first-order valence-electron chi connectivity index (χ1n) is 10.0. The molecule has 1 fully saturated rings. The van der Waals surface area contributed by atoms with Crippen LogP contribution in [0.4, 0.5) is 0 Å². The van der Waals surface area contributed by atoms with E-state index in [1.54, 1.807) is 31.2 Å². The zero-order chi connectivity index (χ0) is 22.6. The number of halogens is 1. The van der Waals surface area contributed by atoms with Crippen molar-refractivity contribution in [2.24, 2.45) is 0 Å². The first-order valence-corrected chi connectivity index (χ1v) is 11.8. The molecule has 0 aromatic heterocycles. The average Bonchev–Trinajstić information content (AvgIpc) is 2.98. The second-order valence-electron chi connectivity index (χ2n) is 7.38. The molecule has 1 saturated heterocycles. The monoisotopic (exact) mass is 464 g/mol. The van der Waals surface area contributed by atoms with Crippen molar-refractivity contribution in [2.75, 3.05) is 13.7 Å². The number of methoxy groups -OCH3 is 1. The first-order chi connectivity index (χ1) is 14.8. The van der Waals surface area contributed by atoms with Gasteiger partial charge in [-0.3, -0.25) is 4.79 Å². The number of hydrogen-bond acceptors (Lipinski definition) is 5. The summed E-state index contributed by atoms with van der Waals surface area (Å²) in [6.45, 7) is 2.26. The van der Waals surface area contributed by atoms with Gasteiger partial charge in [-0.25, -0.2) is 13.2 Å². The largest absolute Gasteiger partial charge is 0.465 e. The second-order valence-corrected chi connectivity index (χ2v) is 9.66. The summed E-state index contributed by atoms with van der Waals surface area (Å²) in [5.41, 5.74) is 1.01. The van der Waals surface area contributed by atoms with Crippen molar-refractivity contribution < 1.29 is 22.7 Å². The van der Waals surface area contributed by atoms with Gasteiger partial charge >= 0.3 is 5.97 Å². The molecule has 0 bridgehead atoms. The fourth-order valence-corrected chi connectivity index (χ4v) is 5.63. The minimum Gasteiger partial charge on any atom is -0.465 e. The Morgan fingerprint density at radius 2 is 1.77 bits per heavy atom. The summed E-state index contributed by atoms with van der Waals surface area (Å²) in [6, 6.07) is 10.9. The van der Waals surface area contributed by atoms with Crippen LogP contribution in [-0.2, 0) is 19.6 Å². The molecule has 0 saturated carbocycles. The fraction of sp³-hybridized carbons (Fsp3) is 0.364. The third kappa shape index (κ3) is 5.08. The summed E-state index contributed by atoms with van der Waals surface area (Å²) < 4.78 is 33.3. The molecule has 1 N–H and O–H groups in total. The number of hydrogen-bond donors (Lipinski definition) is 1. The molecule has 9 heteroatoms. The molecule has 3 rings (SSSR count). The van der Waals surface area contributed by atoms with Crippen LogP contribution in [0.1, 0.15) is 48.1 Å². The molecule has 31 heavy (non-hydrogen) atoms. The van der Waals surface area contributed by atoms with Crippen LogP contribution in [0.15, 0.2) is 53.4 Å². The highest BCUT2D eigenvalue weighted by Crippen LogP contribution is 2.33. The van der Waals surface area contributed by atoms with Gasteiger partial charge in [0.05, 0.1) is 17.6 Å². The van der Waals surface area contributed by atoms with Crippen LogP contribution in [0.3, 0.4) is 0 Å². The van der Waals surface area contributed by atoms with Crippen molar-refractivity contribution in [2.45, 2.75) is 43.2 Å². The Morgan fingerprint density at radius 3 is 2.39 bits per heavy atom. The lowest BCUT2D eigenvalue weighted by Crippen LogP contribution is -2.49. The van der Waals surface area contributed by atoms with E-state index in [2.05, 4.69) is 5.32 Å². The second kappa shape index (κ2) is 9.80. The molecule has 7 nitrogen and oxygen atoms in total. The topological polar surface area (TPSA) is 92.8 Å². The lowest BCUT2D eigenvalue weighted by atomic mass is 10.0. The third-order valence-corrected chi connectivity index (χ3v) is 7.64. The third-order valence-electron chi connectivity index (χ3n) is 5.40. The number of carbonyl (C=O) groups is 2. The van der Waals surface area contributed by atoms with E-state index < -0.39 is 28.1 Å². The van der Waals surface area contributed by atoms with Crippen molar-refractivity contribution >= 4 is 33.5 Å². The van der Waals surface area contributed by atoms with Crippen molar-refractivity contribution in [3.05, 3.63) is 64.7 Å². The van der Waals surface area contributed by atoms with E-state index in [9.17, 15) is 18.0 Å². The van der Waals surface area contributed by atoms with E-state index >= 15 is 0 Å². The molecule has 0 aliphatic carbocycles. The highest BCUT2D eigenvalue weighted by atomic mass is 35.5. The first kappa shape index (κ1) is 23.2. The quantitative estimate of drug-likeness (QED) is 0.660. The molecule has 2 aromatic carbocycles. The highest BCUT2D eigenvalue weighted by molar-refractivity contribution is 7.89. The molecule has 1 aliphatic heterocycles. The Morgan fingerprint density at radius 1 is 1.13 bits per heavy atom. The number of sulfonamides is 1. The van der Waals surface area contributed by atoms with Gasteiger partial charge in [0.15, 0.2) is 0 Å². The molecular formula is C22H25ClN2O5S. The van der Waals surface area contributed by atoms with Gasteiger partial charge in [0.25, 0.3) is 0 Å². The molecule has 0 radical (unpaired) electrons. The summed E-state index contributed by atoms with van der Waals surface area (Å²) in [6.07, 6.45) is 1.94. The van der Waals surface area contributed by atoms with Crippen LogP contribution in [-0.4, -0.2) is 44.3 Å². The maximum absolute atomic E-state index is 13.7. The standard InChI is InChI=1S/C22H25ClN2O5S/c1-15(16-6-8-17(9-7-16)22(27)30-2)25(20-5-3-4-14-24-21(20)26)31(28,29)19-12-10-18(23)11-13-19/h6-13,15,20H,3-5,14H2,1-2H3,(H,24,26). The minimum atomic E-state index is -4.02. The van der Waals surface area contributed by atoms with Crippen LogP contribution < -0.4 is 5.32 Å². The fourth-order valence-electron chi connectivity index (χ4n) is 3.70. The van der Waals surface area contributed by atoms with E-state index in [0.717, 1.165) is 12.8 Å². The smallest absolute Gasteiger partial charge is 0.337 e. The number of rotatable bonds is 6. The molecule has 166 valence electrons. The highest BCUT2D eigenvalue weighted by Gasteiger charge is 2.40. The zero-order valence-corrected chi connectivity index (χ0v) is 18.9. The number of amides is 1. The number of benzene rings is 2. The van der Waals surface area contributed by atoms with Crippen molar-refractivity contribution in [3.63, 3.8) is 0 Å². The van der Waals surface area contributed by atoms with Crippen LogP contribution in [0.2, 0.25) is 5.02 Å². The van der Waals surface area contributed by atoms with E-state index in [0.29, 0.717) is 29.1 Å². The zero-order valence-electron chi connectivity index (χ0n) is 17.4. The Labute approximate surface area is 187 Å².